The van der Waals surface area contributed by atoms with Crippen LogP contribution < -0.4 is 15.5 Å². The molecule has 0 saturated carbocycles. The van der Waals surface area contributed by atoms with Gasteiger partial charge in [-0.3, -0.25) is 9.89 Å². The molecule has 1 fully saturated rings. The van der Waals surface area contributed by atoms with Gasteiger partial charge < -0.3 is 25.3 Å². The number of nitrogens with zero attached hydrogens (tertiary/aromatic N) is 3. The average Bonchev–Trinajstić information content (AvgIpc) is 3.67. The fraction of sp³-hybridized carbons (Fsp3) is 0.407. The van der Waals surface area contributed by atoms with E-state index in [1.807, 2.05) is 25.1 Å². The second-order valence-corrected chi connectivity index (χ2v) is 9.34. The van der Waals surface area contributed by atoms with Crippen molar-refractivity contribution in [1.82, 2.24) is 30.8 Å². The number of hydrogen-bond donors (Lipinski definition) is 4. The summed E-state index contributed by atoms with van der Waals surface area (Å²) >= 11 is 0. The Hall–Kier alpha value is -4.08. The van der Waals surface area contributed by atoms with E-state index in [0.717, 1.165) is 47.9 Å². The van der Waals surface area contributed by atoms with E-state index in [-0.39, 0.29) is 5.91 Å². The second-order valence-electron chi connectivity index (χ2n) is 9.34. The van der Waals surface area contributed by atoms with E-state index in [9.17, 15) is 9.59 Å². The summed E-state index contributed by atoms with van der Waals surface area (Å²) in [4.78, 5) is 34.9. The van der Waals surface area contributed by atoms with Gasteiger partial charge in [-0.15, -0.1) is 0 Å². The standard InChI is InChI=1S/C27H33N7O3/c1-2-3-15-37-27(36)29-12-6-11-28-26(35)18-7-9-21-20(16-18)24(33-32-21)25-30-22-10-8-19(17-23(22)31-25)34-13-4-5-14-34/h7-10,16-17H,2-6,11-15H2,1H3,(H,28,35)(H,29,36)(H,30,31)(H,32,33). The van der Waals surface area contributed by atoms with Gasteiger partial charge in [-0.1, -0.05) is 13.3 Å². The van der Waals surface area contributed by atoms with Crippen LogP contribution in [0.15, 0.2) is 36.4 Å². The van der Waals surface area contributed by atoms with Crippen molar-refractivity contribution in [3.05, 3.63) is 42.0 Å². The van der Waals surface area contributed by atoms with Gasteiger partial charge in [-0.2, -0.15) is 5.10 Å². The molecule has 194 valence electrons. The molecule has 2 amide bonds. The van der Waals surface area contributed by atoms with Crippen molar-refractivity contribution in [3.8, 4) is 11.5 Å². The van der Waals surface area contributed by atoms with Gasteiger partial charge in [0.05, 0.1) is 23.2 Å². The maximum absolute atomic E-state index is 12.8. The summed E-state index contributed by atoms with van der Waals surface area (Å²) in [6, 6.07) is 11.7. The minimum atomic E-state index is -0.421. The van der Waals surface area contributed by atoms with E-state index < -0.39 is 6.09 Å². The van der Waals surface area contributed by atoms with Crippen molar-refractivity contribution in [1.29, 1.82) is 0 Å². The lowest BCUT2D eigenvalue weighted by Gasteiger charge is -2.17. The van der Waals surface area contributed by atoms with Crippen LogP contribution in [0.5, 0.6) is 0 Å². The number of anilines is 1. The molecule has 0 spiro atoms. The highest BCUT2D eigenvalue weighted by Crippen LogP contribution is 2.29. The van der Waals surface area contributed by atoms with E-state index in [1.165, 1.54) is 18.5 Å². The molecule has 0 bridgehead atoms. The van der Waals surface area contributed by atoms with Gasteiger partial charge in [-0.05, 0) is 62.1 Å². The van der Waals surface area contributed by atoms with Gasteiger partial charge in [0.25, 0.3) is 5.91 Å². The molecule has 0 unspecified atom stereocenters. The van der Waals surface area contributed by atoms with Crippen LogP contribution in [0.25, 0.3) is 33.5 Å². The number of imidazole rings is 1. The first-order valence-electron chi connectivity index (χ1n) is 13.0. The largest absolute Gasteiger partial charge is 0.450 e. The Balaban J connectivity index is 1.23. The van der Waals surface area contributed by atoms with Crippen molar-refractivity contribution in [3.63, 3.8) is 0 Å². The molecule has 1 aliphatic rings. The number of H-pyrrole nitrogens is 2. The summed E-state index contributed by atoms with van der Waals surface area (Å²) in [6.45, 7) is 5.51. The summed E-state index contributed by atoms with van der Waals surface area (Å²) in [5.41, 5.74) is 5.09. The van der Waals surface area contributed by atoms with Crippen LogP contribution in [-0.4, -0.2) is 65.0 Å². The van der Waals surface area contributed by atoms with Crippen molar-refractivity contribution >= 4 is 39.6 Å². The maximum Gasteiger partial charge on any atom is 0.407 e. The first-order chi connectivity index (χ1) is 18.1. The molecule has 10 nitrogen and oxygen atoms in total. The summed E-state index contributed by atoms with van der Waals surface area (Å²) in [7, 11) is 0. The van der Waals surface area contributed by atoms with Crippen LogP contribution in [0.3, 0.4) is 0 Å². The third-order valence-corrected chi connectivity index (χ3v) is 6.63. The Morgan fingerprint density at radius 2 is 1.86 bits per heavy atom. The minimum Gasteiger partial charge on any atom is -0.450 e. The zero-order valence-corrected chi connectivity index (χ0v) is 21.1. The van der Waals surface area contributed by atoms with Gasteiger partial charge in [-0.25, -0.2) is 9.78 Å². The summed E-state index contributed by atoms with van der Waals surface area (Å²) in [5, 5.41) is 13.9. The average molecular weight is 504 g/mol. The van der Waals surface area contributed by atoms with Gasteiger partial charge in [0.15, 0.2) is 5.82 Å². The lowest BCUT2D eigenvalue weighted by molar-refractivity contribution is 0.0953. The smallest absolute Gasteiger partial charge is 0.407 e. The monoisotopic (exact) mass is 503 g/mol. The molecule has 37 heavy (non-hydrogen) atoms. The quantitative estimate of drug-likeness (QED) is 0.238. The molecule has 4 N–H and O–H groups in total. The summed E-state index contributed by atoms with van der Waals surface area (Å²) in [6.07, 6.45) is 4.46. The van der Waals surface area contributed by atoms with Gasteiger partial charge >= 0.3 is 6.09 Å². The molecule has 1 saturated heterocycles. The number of alkyl carbamates (subject to hydrolysis) is 1. The second kappa shape index (κ2) is 11.3. The number of aromatic amines is 2. The third kappa shape index (κ3) is 5.68. The molecule has 0 aliphatic carbocycles. The molecule has 10 heteroatoms. The molecule has 4 aromatic rings. The molecule has 5 rings (SSSR count). The van der Waals surface area contributed by atoms with Gasteiger partial charge in [0, 0.05) is 42.8 Å². The Morgan fingerprint density at radius 1 is 1.03 bits per heavy atom. The van der Waals surface area contributed by atoms with Crippen molar-refractivity contribution < 1.29 is 14.3 Å². The number of amides is 2. The molecule has 1 aliphatic heterocycles. The fourth-order valence-corrected chi connectivity index (χ4v) is 4.56. The lowest BCUT2D eigenvalue weighted by Crippen LogP contribution is -2.30. The maximum atomic E-state index is 12.8. The first-order valence-corrected chi connectivity index (χ1v) is 13.0. The molecule has 0 atom stereocenters. The molecule has 3 heterocycles. The Kier molecular flexibility index (Phi) is 7.53. The first kappa shape index (κ1) is 24.6. The summed E-state index contributed by atoms with van der Waals surface area (Å²) < 4.78 is 5.05. The summed E-state index contributed by atoms with van der Waals surface area (Å²) in [5.74, 6) is 0.480. The predicted octanol–water partition coefficient (Wildman–Crippen LogP) is 4.35. The van der Waals surface area contributed by atoms with Crippen molar-refractivity contribution in [2.45, 2.75) is 39.0 Å². The normalized spacial score (nSPS) is 13.4. The lowest BCUT2D eigenvalue weighted by atomic mass is 10.1. The SMILES string of the molecule is CCCCOC(=O)NCCCNC(=O)c1ccc2[nH]nc(-c3nc4ccc(N5CCCC5)cc4[nH]3)c2c1. The van der Waals surface area contributed by atoms with Crippen molar-refractivity contribution in [2.75, 3.05) is 37.7 Å². The molecule has 0 radical (unpaired) electrons. The van der Waals surface area contributed by atoms with Crippen LogP contribution in [0, 0.1) is 0 Å². The van der Waals surface area contributed by atoms with Crippen LogP contribution in [0.1, 0.15) is 49.4 Å². The Labute approximate surface area is 215 Å². The number of aromatic nitrogens is 4. The van der Waals surface area contributed by atoms with E-state index >= 15 is 0 Å². The molecular weight excluding hydrogens is 470 g/mol. The third-order valence-electron chi connectivity index (χ3n) is 6.63. The van der Waals surface area contributed by atoms with E-state index in [2.05, 4.69) is 42.8 Å². The van der Waals surface area contributed by atoms with Crippen LogP contribution in [0.2, 0.25) is 0 Å². The topological polar surface area (TPSA) is 128 Å². The highest BCUT2D eigenvalue weighted by molar-refractivity contribution is 6.01. The molecular formula is C27H33N7O3. The number of fused-ring (bicyclic) bond motifs is 2. The molecule has 2 aromatic carbocycles. The number of benzene rings is 2. The minimum absolute atomic E-state index is 0.181. The Bertz CT molecular complexity index is 1390. The zero-order valence-electron chi connectivity index (χ0n) is 21.1. The van der Waals surface area contributed by atoms with Crippen molar-refractivity contribution in [2.24, 2.45) is 0 Å². The number of nitrogens with one attached hydrogen (secondary N) is 4. The highest BCUT2D eigenvalue weighted by Gasteiger charge is 2.17. The van der Waals surface area contributed by atoms with Crippen LogP contribution in [-0.2, 0) is 4.74 Å². The van der Waals surface area contributed by atoms with Crippen LogP contribution in [0.4, 0.5) is 10.5 Å². The number of ether oxygens (including phenoxy) is 1. The van der Waals surface area contributed by atoms with E-state index in [0.29, 0.717) is 43.2 Å². The molecule has 2 aromatic heterocycles. The fourth-order valence-electron chi connectivity index (χ4n) is 4.56. The Morgan fingerprint density at radius 3 is 2.70 bits per heavy atom. The van der Waals surface area contributed by atoms with E-state index in [4.69, 9.17) is 9.72 Å². The number of carbonyl (C=O) groups excluding carboxylic acids is 2. The van der Waals surface area contributed by atoms with Crippen LogP contribution >= 0.6 is 0 Å². The van der Waals surface area contributed by atoms with E-state index in [1.54, 1.807) is 6.07 Å². The predicted molar refractivity (Wildman–Crippen MR) is 144 cm³/mol. The number of hydrogen-bond acceptors (Lipinski definition) is 6. The number of rotatable bonds is 10. The zero-order chi connectivity index (χ0) is 25.6. The number of carbonyl (C=O) groups is 2. The number of unbranched alkanes of at least 4 members (excludes halogenated alkanes) is 1. The van der Waals surface area contributed by atoms with Gasteiger partial charge in [0.1, 0.15) is 5.69 Å². The highest BCUT2D eigenvalue weighted by atomic mass is 16.5. The van der Waals surface area contributed by atoms with Gasteiger partial charge in [0.2, 0.25) is 0 Å².